The summed E-state index contributed by atoms with van der Waals surface area (Å²) in [5.41, 5.74) is 2.06. The number of rotatable bonds is 5. The summed E-state index contributed by atoms with van der Waals surface area (Å²) < 4.78 is 7.63. The Morgan fingerprint density at radius 3 is 2.89 bits per heavy atom. The molecule has 0 radical (unpaired) electrons. The number of halogens is 1. The Labute approximate surface area is 118 Å². The van der Waals surface area contributed by atoms with Crippen LogP contribution in [-0.4, -0.2) is 16.7 Å². The van der Waals surface area contributed by atoms with Gasteiger partial charge in [0.15, 0.2) is 0 Å². The van der Waals surface area contributed by atoms with Gasteiger partial charge in [0.1, 0.15) is 17.1 Å². The maximum atomic E-state index is 6.04. The van der Waals surface area contributed by atoms with Gasteiger partial charge in [-0.15, -0.1) is 11.6 Å². The molecule has 0 amide bonds. The summed E-state index contributed by atoms with van der Waals surface area (Å²) in [7, 11) is 1.68. The lowest BCUT2D eigenvalue weighted by atomic mass is 9.83. The van der Waals surface area contributed by atoms with Crippen molar-refractivity contribution in [1.29, 1.82) is 0 Å². The van der Waals surface area contributed by atoms with Crippen molar-refractivity contribution in [1.82, 2.24) is 9.55 Å². The molecule has 19 heavy (non-hydrogen) atoms. The van der Waals surface area contributed by atoms with E-state index in [2.05, 4.69) is 15.6 Å². The second-order valence-electron chi connectivity index (χ2n) is 5.23. The van der Waals surface area contributed by atoms with Crippen LogP contribution in [0.1, 0.15) is 31.5 Å². The second-order valence-corrected chi connectivity index (χ2v) is 5.49. The maximum Gasteiger partial charge on any atom is 0.146 e. The molecule has 2 aromatic rings. The second kappa shape index (κ2) is 5.41. The number of fused-ring (bicyclic) bond motifs is 1. The third-order valence-electron chi connectivity index (χ3n) is 4.15. The molecule has 0 N–H and O–H groups in total. The summed E-state index contributed by atoms with van der Waals surface area (Å²) in [6, 6.07) is 6.06. The third kappa shape index (κ3) is 2.32. The smallest absolute Gasteiger partial charge is 0.146 e. The Bertz CT molecular complexity index is 575. The van der Waals surface area contributed by atoms with Gasteiger partial charge in [-0.1, -0.05) is 25.3 Å². The Balaban J connectivity index is 1.95. The number of para-hydroxylation sites is 1. The molecule has 0 unspecified atom stereocenters. The van der Waals surface area contributed by atoms with Gasteiger partial charge in [-0.05, 0) is 24.5 Å². The summed E-state index contributed by atoms with van der Waals surface area (Å²) in [5.74, 6) is 3.11. The number of hydrogen-bond donors (Lipinski definition) is 0. The molecule has 1 aromatic heterocycles. The number of imidazole rings is 1. The van der Waals surface area contributed by atoms with Crippen molar-refractivity contribution in [3.8, 4) is 5.75 Å². The molecule has 0 aliphatic heterocycles. The van der Waals surface area contributed by atoms with Gasteiger partial charge in [0.2, 0.25) is 0 Å². The van der Waals surface area contributed by atoms with E-state index >= 15 is 0 Å². The first-order valence-electron chi connectivity index (χ1n) is 6.91. The van der Waals surface area contributed by atoms with Crippen molar-refractivity contribution in [2.45, 2.75) is 38.1 Å². The molecule has 102 valence electrons. The quantitative estimate of drug-likeness (QED) is 0.774. The minimum absolute atomic E-state index is 0.447. The van der Waals surface area contributed by atoms with Crippen LogP contribution < -0.4 is 4.74 Å². The largest absolute Gasteiger partial charge is 0.494 e. The predicted molar refractivity (Wildman–Crippen MR) is 77.8 cm³/mol. The monoisotopic (exact) mass is 278 g/mol. The number of methoxy groups -OCH3 is 1. The van der Waals surface area contributed by atoms with Crippen molar-refractivity contribution in [3.05, 3.63) is 24.0 Å². The molecule has 0 atom stereocenters. The Morgan fingerprint density at radius 2 is 2.26 bits per heavy atom. The van der Waals surface area contributed by atoms with Crippen molar-refractivity contribution in [2.24, 2.45) is 5.92 Å². The molecule has 0 spiro atoms. The highest BCUT2D eigenvalue weighted by Gasteiger charge is 2.19. The Kier molecular flexibility index (Phi) is 3.65. The topological polar surface area (TPSA) is 27.1 Å². The maximum absolute atomic E-state index is 6.04. The van der Waals surface area contributed by atoms with E-state index in [1.807, 2.05) is 12.1 Å². The van der Waals surface area contributed by atoms with Crippen LogP contribution >= 0.6 is 11.6 Å². The van der Waals surface area contributed by atoms with Crippen LogP contribution in [0.5, 0.6) is 5.75 Å². The number of alkyl halides is 1. The number of aryl methyl sites for hydroxylation is 1. The minimum Gasteiger partial charge on any atom is -0.494 e. The average molecular weight is 279 g/mol. The number of aromatic nitrogens is 2. The third-order valence-corrected chi connectivity index (χ3v) is 4.39. The van der Waals surface area contributed by atoms with Crippen molar-refractivity contribution in [3.63, 3.8) is 0 Å². The molecule has 1 saturated carbocycles. The lowest BCUT2D eigenvalue weighted by Crippen LogP contribution is -2.14. The van der Waals surface area contributed by atoms with Gasteiger partial charge in [-0.3, -0.25) is 0 Å². The van der Waals surface area contributed by atoms with E-state index in [0.717, 1.165) is 35.1 Å². The van der Waals surface area contributed by atoms with Crippen LogP contribution in [0.2, 0.25) is 0 Å². The molecule has 1 aliphatic carbocycles. The molecule has 3 rings (SSSR count). The number of benzene rings is 1. The lowest BCUT2D eigenvalue weighted by Gasteiger charge is -2.25. The fourth-order valence-corrected chi connectivity index (χ4v) is 2.98. The first kappa shape index (κ1) is 12.8. The van der Waals surface area contributed by atoms with Gasteiger partial charge in [0.25, 0.3) is 0 Å². The van der Waals surface area contributed by atoms with Crippen LogP contribution in [0.15, 0.2) is 18.2 Å². The first-order chi connectivity index (χ1) is 9.33. The molecule has 1 aliphatic rings. The summed E-state index contributed by atoms with van der Waals surface area (Å²) in [5, 5.41) is 0. The Morgan fingerprint density at radius 1 is 1.42 bits per heavy atom. The van der Waals surface area contributed by atoms with Gasteiger partial charge < -0.3 is 9.30 Å². The molecule has 3 nitrogen and oxygen atoms in total. The van der Waals surface area contributed by atoms with E-state index in [4.69, 9.17) is 16.3 Å². The van der Waals surface area contributed by atoms with Gasteiger partial charge in [-0.25, -0.2) is 4.98 Å². The molecule has 4 heteroatoms. The van der Waals surface area contributed by atoms with Crippen LogP contribution in [0.3, 0.4) is 0 Å². The molecule has 0 saturated heterocycles. The lowest BCUT2D eigenvalue weighted by molar-refractivity contribution is 0.282. The fraction of sp³-hybridized carbons (Fsp3) is 0.533. The summed E-state index contributed by atoms with van der Waals surface area (Å²) in [6.45, 7) is 1.01. The van der Waals surface area contributed by atoms with E-state index in [1.165, 1.54) is 25.7 Å². The first-order valence-corrected chi connectivity index (χ1v) is 7.45. The van der Waals surface area contributed by atoms with Gasteiger partial charge in [-0.2, -0.15) is 0 Å². The summed E-state index contributed by atoms with van der Waals surface area (Å²) >= 11 is 6.04. The highest BCUT2D eigenvalue weighted by atomic mass is 35.5. The predicted octanol–water partition coefficient (Wildman–Crippen LogP) is 3.97. The highest BCUT2D eigenvalue weighted by molar-refractivity contribution is 6.16. The summed E-state index contributed by atoms with van der Waals surface area (Å²) in [4.78, 5) is 4.63. The molecular weight excluding hydrogens is 260 g/mol. The van der Waals surface area contributed by atoms with E-state index in [0.29, 0.717) is 5.88 Å². The van der Waals surface area contributed by atoms with Crippen LogP contribution in [0, 0.1) is 5.92 Å². The number of hydrogen-bond acceptors (Lipinski definition) is 2. The van der Waals surface area contributed by atoms with Gasteiger partial charge in [0, 0.05) is 6.54 Å². The van der Waals surface area contributed by atoms with Crippen molar-refractivity contribution in [2.75, 3.05) is 7.11 Å². The van der Waals surface area contributed by atoms with E-state index in [-0.39, 0.29) is 0 Å². The van der Waals surface area contributed by atoms with E-state index in [1.54, 1.807) is 7.11 Å². The van der Waals surface area contributed by atoms with E-state index < -0.39 is 0 Å². The zero-order chi connectivity index (χ0) is 13.2. The SMILES string of the molecule is COc1cccc2c1nc(CCl)n2CCC1CCC1. The van der Waals surface area contributed by atoms with Crippen LogP contribution in [0.25, 0.3) is 11.0 Å². The molecular formula is C15H19ClN2O. The summed E-state index contributed by atoms with van der Waals surface area (Å²) in [6.07, 6.45) is 5.39. The van der Waals surface area contributed by atoms with Gasteiger partial charge >= 0.3 is 0 Å². The van der Waals surface area contributed by atoms with Gasteiger partial charge in [0.05, 0.1) is 18.5 Å². The minimum atomic E-state index is 0.447. The zero-order valence-electron chi connectivity index (χ0n) is 11.2. The molecule has 0 bridgehead atoms. The fourth-order valence-electron chi connectivity index (χ4n) is 2.78. The highest BCUT2D eigenvalue weighted by Crippen LogP contribution is 2.32. The molecule has 1 heterocycles. The number of ether oxygens (including phenoxy) is 1. The Hall–Kier alpha value is -1.22. The zero-order valence-corrected chi connectivity index (χ0v) is 12.0. The van der Waals surface area contributed by atoms with Crippen molar-refractivity contribution < 1.29 is 4.74 Å². The normalized spacial score (nSPS) is 15.7. The molecule has 1 fully saturated rings. The standard InChI is InChI=1S/C15H19ClN2O/c1-19-13-7-3-6-12-15(13)17-14(10-16)18(12)9-8-11-4-2-5-11/h3,6-7,11H,2,4-5,8-10H2,1H3. The molecule has 1 aromatic carbocycles. The van der Waals surface area contributed by atoms with Crippen LogP contribution in [-0.2, 0) is 12.4 Å². The van der Waals surface area contributed by atoms with Crippen molar-refractivity contribution >= 4 is 22.6 Å². The van der Waals surface area contributed by atoms with E-state index in [9.17, 15) is 0 Å². The number of nitrogens with zero attached hydrogens (tertiary/aromatic N) is 2. The average Bonchev–Trinajstić information content (AvgIpc) is 2.75. The van der Waals surface area contributed by atoms with Crippen LogP contribution in [0.4, 0.5) is 0 Å².